The van der Waals surface area contributed by atoms with Gasteiger partial charge in [-0.05, 0) is 37.5 Å². The number of rotatable bonds is 7. The fraction of sp³-hybridized carbons (Fsp3) is 0.375. The summed E-state index contributed by atoms with van der Waals surface area (Å²) in [6.45, 7) is 2.27. The third-order valence-electron chi connectivity index (χ3n) is 5.19. The average molecular weight is 424 g/mol. The number of esters is 1. The summed E-state index contributed by atoms with van der Waals surface area (Å²) in [5.41, 5.74) is 1.98. The van der Waals surface area contributed by atoms with Crippen molar-refractivity contribution in [1.82, 2.24) is 4.90 Å². The Bertz CT molecular complexity index is 929. The van der Waals surface area contributed by atoms with Crippen LogP contribution in [-0.2, 0) is 19.1 Å². The third kappa shape index (κ3) is 6.07. The largest absolute Gasteiger partial charge is 0.495 e. The Labute approximate surface area is 182 Å². The van der Waals surface area contributed by atoms with E-state index in [-0.39, 0.29) is 12.5 Å². The zero-order chi connectivity index (χ0) is 22.2. The first-order chi connectivity index (χ1) is 15.0. The maximum absolute atomic E-state index is 13.1. The molecule has 1 N–H and O–H groups in total. The topological polar surface area (TPSA) is 84.9 Å². The smallest absolute Gasteiger partial charge is 0.326 e. The Hall–Kier alpha value is -3.35. The number of carbonyl (C=O) groups excluding carboxylic acids is 3. The van der Waals surface area contributed by atoms with Crippen molar-refractivity contribution in [1.29, 1.82) is 0 Å². The lowest BCUT2D eigenvalue weighted by Crippen LogP contribution is -2.37. The molecule has 0 bridgehead atoms. The van der Waals surface area contributed by atoms with Gasteiger partial charge in [0.25, 0.3) is 5.91 Å². The van der Waals surface area contributed by atoms with Crippen LogP contribution in [0.3, 0.4) is 0 Å². The Morgan fingerprint density at radius 3 is 2.61 bits per heavy atom. The molecular weight excluding hydrogens is 396 g/mol. The molecule has 1 aliphatic heterocycles. The quantitative estimate of drug-likeness (QED) is 0.686. The lowest BCUT2D eigenvalue weighted by atomic mass is 10.1. The molecule has 1 fully saturated rings. The molecule has 0 radical (unpaired) electrons. The van der Waals surface area contributed by atoms with Crippen LogP contribution in [0.25, 0.3) is 0 Å². The van der Waals surface area contributed by atoms with E-state index in [0.29, 0.717) is 30.0 Å². The van der Waals surface area contributed by atoms with Crippen molar-refractivity contribution in [2.75, 3.05) is 25.5 Å². The van der Waals surface area contributed by atoms with Crippen molar-refractivity contribution in [3.05, 3.63) is 59.7 Å². The van der Waals surface area contributed by atoms with E-state index in [0.717, 1.165) is 24.8 Å². The third-order valence-corrected chi connectivity index (χ3v) is 5.19. The Kier molecular flexibility index (Phi) is 7.65. The first kappa shape index (κ1) is 22.3. The zero-order valence-corrected chi connectivity index (χ0v) is 17.9. The molecule has 31 heavy (non-hydrogen) atoms. The Morgan fingerprint density at radius 2 is 1.87 bits per heavy atom. The van der Waals surface area contributed by atoms with Crippen LogP contribution in [0.15, 0.2) is 48.5 Å². The molecule has 2 aromatic carbocycles. The monoisotopic (exact) mass is 424 g/mol. The number of hydrogen-bond donors (Lipinski definition) is 1. The minimum absolute atomic E-state index is 0.0559. The molecule has 2 amide bonds. The number of carbonyl (C=O) groups is 3. The molecule has 3 rings (SSSR count). The maximum Gasteiger partial charge on any atom is 0.326 e. The number of anilines is 1. The summed E-state index contributed by atoms with van der Waals surface area (Å²) in [5.74, 6) is -0.659. The predicted molar refractivity (Wildman–Crippen MR) is 117 cm³/mol. The van der Waals surface area contributed by atoms with Crippen LogP contribution in [0.5, 0.6) is 5.75 Å². The van der Waals surface area contributed by atoms with E-state index in [1.54, 1.807) is 36.4 Å². The van der Waals surface area contributed by atoms with Gasteiger partial charge < -0.3 is 19.7 Å². The van der Waals surface area contributed by atoms with Gasteiger partial charge in [0.05, 0.1) is 12.8 Å². The van der Waals surface area contributed by atoms with Gasteiger partial charge in [-0.3, -0.25) is 14.4 Å². The Balaban J connectivity index is 1.77. The number of nitrogens with one attached hydrogen (secondary N) is 1. The SMILES string of the molecule is COc1ccc(C)cc1NC(=O)C(OC(=O)CN1CCCCCC1=O)c1ccccc1. The summed E-state index contributed by atoms with van der Waals surface area (Å²) < 4.78 is 10.9. The van der Waals surface area contributed by atoms with Crippen LogP contribution in [0, 0.1) is 6.92 Å². The second-order valence-electron chi connectivity index (χ2n) is 7.60. The van der Waals surface area contributed by atoms with Crippen LogP contribution >= 0.6 is 0 Å². The lowest BCUT2D eigenvalue weighted by Gasteiger charge is -2.23. The number of methoxy groups -OCH3 is 1. The van der Waals surface area contributed by atoms with E-state index < -0.39 is 18.0 Å². The van der Waals surface area contributed by atoms with Crippen LogP contribution in [0.2, 0.25) is 0 Å². The number of aryl methyl sites for hydroxylation is 1. The first-order valence-corrected chi connectivity index (χ1v) is 10.5. The number of ether oxygens (including phenoxy) is 2. The average Bonchev–Trinajstić information content (AvgIpc) is 2.97. The van der Waals surface area contributed by atoms with E-state index in [9.17, 15) is 14.4 Å². The highest BCUT2D eigenvalue weighted by Crippen LogP contribution is 2.28. The van der Waals surface area contributed by atoms with E-state index in [4.69, 9.17) is 9.47 Å². The second kappa shape index (κ2) is 10.6. The van der Waals surface area contributed by atoms with Gasteiger partial charge in [-0.2, -0.15) is 0 Å². The predicted octanol–water partition coefficient (Wildman–Crippen LogP) is 3.63. The van der Waals surface area contributed by atoms with Crippen molar-refractivity contribution in [3.63, 3.8) is 0 Å². The molecule has 0 saturated carbocycles. The van der Waals surface area contributed by atoms with Crippen LogP contribution in [0.1, 0.15) is 42.9 Å². The number of amides is 2. The molecular formula is C24H28N2O5. The molecule has 1 unspecified atom stereocenters. The number of likely N-dealkylation sites (tertiary alicyclic amines) is 1. The minimum Gasteiger partial charge on any atom is -0.495 e. The van der Waals surface area contributed by atoms with Crippen LogP contribution in [-0.4, -0.2) is 42.9 Å². The molecule has 1 aliphatic rings. The first-order valence-electron chi connectivity index (χ1n) is 10.5. The maximum atomic E-state index is 13.1. The second-order valence-corrected chi connectivity index (χ2v) is 7.60. The summed E-state index contributed by atoms with van der Waals surface area (Å²) in [6.07, 6.45) is 1.93. The molecule has 164 valence electrons. The summed E-state index contributed by atoms with van der Waals surface area (Å²) in [7, 11) is 1.52. The number of benzene rings is 2. The van der Waals surface area contributed by atoms with Gasteiger partial charge in [0.2, 0.25) is 12.0 Å². The molecule has 1 heterocycles. The summed E-state index contributed by atoms with van der Waals surface area (Å²) in [4.78, 5) is 39.5. The zero-order valence-electron chi connectivity index (χ0n) is 17.9. The minimum atomic E-state index is -1.15. The van der Waals surface area contributed by atoms with E-state index in [2.05, 4.69) is 5.32 Å². The fourth-order valence-corrected chi connectivity index (χ4v) is 3.55. The van der Waals surface area contributed by atoms with Crippen LogP contribution in [0.4, 0.5) is 5.69 Å². The van der Waals surface area contributed by atoms with Crippen molar-refractivity contribution >= 4 is 23.5 Å². The van der Waals surface area contributed by atoms with Crippen molar-refractivity contribution in [3.8, 4) is 5.75 Å². The van der Waals surface area contributed by atoms with E-state index in [1.165, 1.54) is 12.0 Å². The molecule has 2 aromatic rings. The van der Waals surface area contributed by atoms with Gasteiger partial charge in [-0.15, -0.1) is 0 Å². The number of nitrogens with zero attached hydrogens (tertiary/aromatic N) is 1. The number of hydrogen-bond acceptors (Lipinski definition) is 5. The highest BCUT2D eigenvalue weighted by molar-refractivity contribution is 5.97. The lowest BCUT2D eigenvalue weighted by molar-refractivity contribution is -0.157. The highest BCUT2D eigenvalue weighted by Gasteiger charge is 2.28. The Morgan fingerprint density at radius 1 is 1.10 bits per heavy atom. The molecule has 1 saturated heterocycles. The van der Waals surface area contributed by atoms with Crippen molar-refractivity contribution in [2.45, 2.75) is 38.7 Å². The fourth-order valence-electron chi connectivity index (χ4n) is 3.55. The standard InChI is InChI=1S/C24H28N2O5/c1-17-12-13-20(30-2)19(15-17)25-24(29)23(18-9-5-3-6-10-18)31-22(28)16-26-14-8-4-7-11-21(26)27/h3,5-6,9-10,12-13,15,23H,4,7-8,11,14,16H2,1-2H3,(H,25,29). The van der Waals surface area contributed by atoms with Crippen molar-refractivity contribution < 1.29 is 23.9 Å². The molecule has 0 aliphatic carbocycles. The van der Waals surface area contributed by atoms with Gasteiger partial charge in [0, 0.05) is 18.5 Å². The van der Waals surface area contributed by atoms with Gasteiger partial charge in [-0.25, -0.2) is 0 Å². The summed E-state index contributed by atoms with van der Waals surface area (Å²) in [5, 5.41) is 2.81. The van der Waals surface area contributed by atoms with E-state index >= 15 is 0 Å². The molecule has 0 aromatic heterocycles. The van der Waals surface area contributed by atoms with Gasteiger partial charge in [0.1, 0.15) is 12.3 Å². The van der Waals surface area contributed by atoms with Gasteiger partial charge in [-0.1, -0.05) is 42.8 Å². The molecule has 7 nitrogen and oxygen atoms in total. The van der Waals surface area contributed by atoms with Gasteiger partial charge in [0.15, 0.2) is 0 Å². The highest BCUT2D eigenvalue weighted by atomic mass is 16.5. The van der Waals surface area contributed by atoms with Crippen molar-refractivity contribution in [2.24, 2.45) is 0 Å². The van der Waals surface area contributed by atoms with E-state index in [1.807, 2.05) is 19.1 Å². The molecule has 1 atom stereocenters. The summed E-state index contributed by atoms with van der Waals surface area (Å²) >= 11 is 0. The molecule has 7 heteroatoms. The molecule has 0 spiro atoms. The normalized spacial score (nSPS) is 15.0. The van der Waals surface area contributed by atoms with Gasteiger partial charge >= 0.3 is 5.97 Å². The summed E-state index contributed by atoms with van der Waals surface area (Å²) in [6, 6.07) is 14.2. The van der Waals surface area contributed by atoms with Crippen LogP contribution < -0.4 is 10.1 Å².